The summed E-state index contributed by atoms with van der Waals surface area (Å²) in [6, 6.07) is 8.94. The molecule has 144 valence electrons. The fourth-order valence-electron chi connectivity index (χ4n) is 2.80. The minimum atomic E-state index is -0.672. The molecular weight excluding hydrogens is 367 g/mol. The lowest BCUT2D eigenvalue weighted by atomic mass is 10.0. The summed E-state index contributed by atoms with van der Waals surface area (Å²) < 4.78 is 20.0. The molecule has 1 heterocycles. The fourth-order valence-corrected chi connectivity index (χ4v) is 2.80. The molecule has 0 aliphatic rings. The van der Waals surface area contributed by atoms with Crippen molar-refractivity contribution in [3.8, 4) is 5.75 Å². The Morgan fingerprint density at radius 1 is 1.29 bits per heavy atom. The van der Waals surface area contributed by atoms with Crippen LogP contribution in [0, 0.1) is 15.9 Å². The van der Waals surface area contributed by atoms with E-state index in [0.717, 1.165) is 6.07 Å². The van der Waals surface area contributed by atoms with Crippen LogP contribution in [0.3, 0.4) is 0 Å². The van der Waals surface area contributed by atoms with Gasteiger partial charge < -0.3 is 14.6 Å². The third-order valence-electron chi connectivity index (χ3n) is 4.23. The lowest BCUT2D eigenvalue weighted by Crippen LogP contribution is -2.31. The first-order valence-electron chi connectivity index (χ1n) is 8.26. The van der Waals surface area contributed by atoms with Crippen molar-refractivity contribution < 1.29 is 18.8 Å². The molecule has 0 saturated carbocycles. The van der Waals surface area contributed by atoms with Gasteiger partial charge >= 0.3 is 5.69 Å². The average molecular weight is 384 g/mol. The van der Waals surface area contributed by atoms with Crippen LogP contribution < -0.4 is 10.1 Å². The highest BCUT2D eigenvalue weighted by Gasteiger charge is 2.24. The highest BCUT2D eigenvalue weighted by Crippen LogP contribution is 2.28. The van der Waals surface area contributed by atoms with Crippen molar-refractivity contribution in [1.29, 1.82) is 0 Å². The van der Waals surface area contributed by atoms with Gasteiger partial charge in [0.15, 0.2) is 5.75 Å². The summed E-state index contributed by atoms with van der Waals surface area (Å²) in [5, 5.41) is 14.0. The lowest BCUT2D eigenvalue weighted by molar-refractivity contribution is -0.385. The molecule has 1 unspecified atom stereocenters. The first-order valence-corrected chi connectivity index (χ1v) is 8.26. The van der Waals surface area contributed by atoms with Gasteiger partial charge in [-0.1, -0.05) is 12.1 Å². The van der Waals surface area contributed by atoms with Gasteiger partial charge in [0.25, 0.3) is 5.91 Å². The monoisotopic (exact) mass is 384 g/mol. The predicted molar refractivity (Wildman–Crippen MR) is 98.6 cm³/mol. The molecule has 3 aromatic rings. The summed E-state index contributed by atoms with van der Waals surface area (Å²) in [6.45, 7) is 0. The number of imidazole rings is 1. The summed E-state index contributed by atoms with van der Waals surface area (Å²) in [6.07, 6.45) is 3.30. The van der Waals surface area contributed by atoms with Gasteiger partial charge in [-0.25, -0.2) is 9.37 Å². The standard InChI is InChI=1S/C19H17FN4O4/c1-23-10-9-21-18(23)17(12-3-6-14(20)7-4-12)22-19(25)13-5-8-16(28-2)15(11-13)24(26)27/h3-11,17H,1-2H3,(H,22,25). The third kappa shape index (κ3) is 3.83. The van der Waals surface area contributed by atoms with E-state index in [0.29, 0.717) is 11.4 Å². The Kier molecular flexibility index (Phi) is 5.35. The zero-order chi connectivity index (χ0) is 20.3. The Labute approximate surface area is 159 Å². The number of aryl methyl sites for hydroxylation is 1. The van der Waals surface area contributed by atoms with Crippen LogP contribution in [0.15, 0.2) is 54.9 Å². The highest BCUT2D eigenvalue weighted by molar-refractivity contribution is 5.95. The summed E-state index contributed by atoms with van der Waals surface area (Å²) in [4.78, 5) is 27.6. The van der Waals surface area contributed by atoms with Crippen LogP contribution in [0.1, 0.15) is 27.8 Å². The van der Waals surface area contributed by atoms with E-state index in [1.807, 2.05) is 0 Å². The van der Waals surface area contributed by atoms with Crippen LogP contribution >= 0.6 is 0 Å². The van der Waals surface area contributed by atoms with Gasteiger partial charge in [-0.05, 0) is 29.8 Å². The van der Waals surface area contributed by atoms with Crippen molar-refractivity contribution in [2.45, 2.75) is 6.04 Å². The van der Waals surface area contributed by atoms with E-state index in [9.17, 15) is 19.3 Å². The number of nitro benzene ring substituents is 1. The van der Waals surface area contributed by atoms with Crippen molar-refractivity contribution in [2.75, 3.05) is 7.11 Å². The summed E-state index contributed by atoms with van der Waals surface area (Å²) in [7, 11) is 3.08. The number of hydrogen-bond acceptors (Lipinski definition) is 5. The Morgan fingerprint density at radius 2 is 2.00 bits per heavy atom. The van der Waals surface area contributed by atoms with E-state index in [1.54, 1.807) is 36.1 Å². The molecule has 0 radical (unpaired) electrons. The van der Waals surface area contributed by atoms with Crippen LogP contribution in [0.4, 0.5) is 10.1 Å². The summed E-state index contributed by atoms with van der Waals surface area (Å²) >= 11 is 0. The van der Waals surface area contributed by atoms with Gasteiger partial charge in [-0.3, -0.25) is 14.9 Å². The van der Waals surface area contributed by atoms with Crippen molar-refractivity contribution >= 4 is 11.6 Å². The number of hydrogen-bond donors (Lipinski definition) is 1. The van der Waals surface area contributed by atoms with Gasteiger partial charge in [0.1, 0.15) is 17.7 Å². The molecule has 2 aromatic carbocycles. The number of methoxy groups -OCH3 is 1. The Bertz CT molecular complexity index is 1020. The van der Waals surface area contributed by atoms with Crippen molar-refractivity contribution in [3.63, 3.8) is 0 Å². The largest absolute Gasteiger partial charge is 0.490 e. The second-order valence-corrected chi connectivity index (χ2v) is 6.00. The Hall–Kier alpha value is -3.75. The second kappa shape index (κ2) is 7.87. The maximum atomic E-state index is 13.3. The number of amides is 1. The molecule has 1 amide bonds. The maximum absolute atomic E-state index is 13.3. The molecule has 8 nitrogen and oxygen atoms in total. The number of nitrogens with zero attached hydrogens (tertiary/aromatic N) is 3. The van der Waals surface area contributed by atoms with Gasteiger partial charge in [0, 0.05) is 31.1 Å². The maximum Gasteiger partial charge on any atom is 0.311 e. The topological polar surface area (TPSA) is 99.3 Å². The third-order valence-corrected chi connectivity index (χ3v) is 4.23. The van der Waals surface area contributed by atoms with Crippen LogP contribution in [0.5, 0.6) is 5.75 Å². The number of carbonyl (C=O) groups is 1. The highest BCUT2D eigenvalue weighted by atomic mass is 19.1. The zero-order valence-corrected chi connectivity index (χ0v) is 15.1. The van der Waals surface area contributed by atoms with Crippen LogP contribution in [0.25, 0.3) is 0 Å². The summed E-state index contributed by atoms with van der Waals surface area (Å²) in [5.74, 6) is -0.355. The molecule has 0 aliphatic heterocycles. The molecule has 1 N–H and O–H groups in total. The molecule has 9 heteroatoms. The minimum absolute atomic E-state index is 0.0562. The Morgan fingerprint density at radius 3 is 2.57 bits per heavy atom. The van der Waals surface area contributed by atoms with E-state index in [4.69, 9.17) is 4.74 Å². The van der Waals surface area contributed by atoms with E-state index >= 15 is 0 Å². The molecule has 1 aromatic heterocycles. The van der Waals surface area contributed by atoms with Gasteiger partial charge in [0.2, 0.25) is 0 Å². The van der Waals surface area contributed by atoms with Crippen LogP contribution in [-0.4, -0.2) is 27.5 Å². The van der Waals surface area contributed by atoms with Gasteiger partial charge in [-0.15, -0.1) is 0 Å². The molecule has 0 spiro atoms. The number of nitro groups is 1. The van der Waals surface area contributed by atoms with E-state index in [2.05, 4.69) is 10.3 Å². The average Bonchev–Trinajstić information content (AvgIpc) is 3.11. The fraction of sp³-hybridized carbons (Fsp3) is 0.158. The van der Waals surface area contributed by atoms with Crippen LogP contribution in [-0.2, 0) is 7.05 Å². The second-order valence-electron chi connectivity index (χ2n) is 6.00. The minimum Gasteiger partial charge on any atom is -0.490 e. The number of halogens is 1. The van der Waals surface area contributed by atoms with Crippen molar-refractivity contribution in [1.82, 2.24) is 14.9 Å². The molecule has 0 aliphatic carbocycles. The first-order chi connectivity index (χ1) is 13.4. The number of aromatic nitrogens is 2. The van der Waals surface area contributed by atoms with Crippen molar-refractivity contribution in [2.24, 2.45) is 7.05 Å². The molecule has 1 atom stereocenters. The number of benzene rings is 2. The SMILES string of the molecule is COc1ccc(C(=O)NC(c2ccc(F)cc2)c2nccn2C)cc1[N+](=O)[O-]. The predicted octanol–water partition coefficient (Wildman–Crippen LogP) is 3.00. The van der Waals surface area contributed by atoms with Crippen molar-refractivity contribution in [3.05, 3.63) is 87.7 Å². The number of carbonyl (C=O) groups excluding carboxylic acids is 1. The Balaban J connectivity index is 1.96. The molecule has 3 rings (SSSR count). The molecule has 28 heavy (non-hydrogen) atoms. The van der Waals surface area contributed by atoms with Gasteiger partial charge in [0.05, 0.1) is 12.0 Å². The van der Waals surface area contributed by atoms with E-state index in [1.165, 1.54) is 31.4 Å². The quantitative estimate of drug-likeness (QED) is 0.520. The summed E-state index contributed by atoms with van der Waals surface area (Å²) in [5.41, 5.74) is 0.395. The lowest BCUT2D eigenvalue weighted by Gasteiger charge is -2.19. The van der Waals surface area contributed by atoms with E-state index < -0.39 is 22.7 Å². The van der Waals surface area contributed by atoms with E-state index in [-0.39, 0.29) is 17.0 Å². The number of ether oxygens (including phenoxy) is 1. The normalized spacial score (nSPS) is 11.7. The number of nitrogens with one attached hydrogen (secondary N) is 1. The molecule has 0 saturated heterocycles. The molecular formula is C19H17FN4O4. The molecule has 0 fully saturated rings. The zero-order valence-electron chi connectivity index (χ0n) is 15.1. The van der Waals surface area contributed by atoms with Gasteiger partial charge in [-0.2, -0.15) is 0 Å². The first kappa shape index (κ1) is 19.0. The smallest absolute Gasteiger partial charge is 0.311 e. The molecule has 0 bridgehead atoms. The number of rotatable bonds is 6. The van der Waals surface area contributed by atoms with Crippen LogP contribution in [0.2, 0.25) is 0 Å².